The number of carbonyl (C=O) groups excluding carboxylic acids is 2. The van der Waals surface area contributed by atoms with E-state index in [1.54, 1.807) is 12.1 Å². The van der Waals surface area contributed by atoms with Crippen molar-refractivity contribution >= 4 is 11.8 Å². The highest BCUT2D eigenvalue weighted by Gasteiger charge is 2.25. The SMILES string of the molecule is CCCN(C(=O)CNC(=O)c1ccccc1)C1CCNC1. The molecule has 5 heteroatoms. The van der Waals surface area contributed by atoms with Crippen LogP contribution in [-0.4, -0.2) is 48.9 Å². The molecule has 21 heavy (non-hydrogen) atoms. The Hall–Kier alpha value is -1.88. The van der Waals surface area contributed by atoms with Gasteiger partial charge in [0.25, 0.3) is 5.91 Å². The molecule has 1 fully saturated rings. The van der Waals surface area contributed by atoms with Gasteiger partial charge in [0.2, 0.25) is 5.91 Å². The fourth-order valence-electron chi connectivity index (χ4n) is 2.61. The highest BCUT2D eigenvalue weighted by atomic mass is 16.2. The summed E-state index contributed by atoms with van der Waals surface area (Å²) in [4.78, 5) is 26.2. The molecule has 1 aromatic rings. The van der Waals surface area contributed by atoms with Crippen LogP contribution in [0.5, 0.6) is 0 Å². The first kappa shape index (κ1) is 15.5. The van der Waals surface area contributed by atoms with Gasteiger partial charge in [-0.3, -0.25) is 9.59 Å². The predicted octanol–water partition coefficient (Wildman–Crippen LogP) is 1.02. The van der Waals surface area contributed by atoms with Gasteiger partial charge in [-0.25, -0.2) is 0 Å². The summed E-state index contributed by atoms with van der Waals surface area (Å²) in [6, 6.07) is 9.22. The third-order valence-electron chi connectivity index (χ3n) is 3.70. The van der Waals surface area contributed by atoms with E-state index in [2.05, 4.69) is 17.6 Å². The molecule has 1 saturated heterocycles. The molecule has 1 heterocycles. The summed E-state index contributed by atoms with van der Waals surface area (Å²) in [7, 11) is 0. The molecule has 0 spiro atoms. The van der Waals surface area contributed by atoms with Crippen molar-refractivity contribution in [3.8, 4) is 0 Å². The molecule has 1 aliphatic heterocycles. The van der Waals surface area contributed by atoms with Crippen LogP contribution in [0.25, 0.3) is 0 Å². The Balaban J connectivity index is 1.88. The summed E-state index contributed by atoms with van der Waals surface area (Å²) < 4.78 is 0. The first-order valence-corrected chi connectivity index (χ1v) is 7.55. The van der Waals surface area contributed by atoms with E-state index in [1.165, 1.54) is 0 Å². The number of benzene rings is 1. The lowest BCUT2D eigenvalue weighted by molar-refractivity contribution is -0.132. The molecule has 2 N–H and O–H groups in total. The summed E-state index contributed by atoms with van der Waals surface area (Å²) in [5, 5.41) is 5.99. The molecule has 114 valence electrons. The second kappa shape index (κ2) is 7.78. The van der Waals surface area contributed by atoms with Crippen molar-refractivity contribution in [3.63, 3.8) is 0 Å². The summed E-state index contributed by atoms with van der Waals surface area (Å²) in [5.74, 6) is -0.209. The molecule has 2 rings (SSSR count). The van der Waals surface area contributed by atoms with Gasteiger partial charge in [-0.15, -0.1) is 0 Å². The smallest absolute Gasteiger partial charge is 0.251 e. The summed E-state index contributed by atoms with van der Waals surface area (Å²) >= 11 is 0. The normalized spacial score (nSPS) is 17.5. The second-order valence-corrected chi connectivity index (χ2v) is 5.28. The Morgan fingerprint density at radius 2 is 2.10 bits per heavy atom. The van der Waals surface area contributed by atoms with E-state index >= 15 is 0 Å². The number of hydrogen-bond donors (Lipinski definition) is 2. The molecule has 0 bridgehead atoms. The zero-order valence-corrected chi connectivity index (χ0v) is 12.5. The zero-order valence-electron chi connectivity index (χ0n) is 12.5. The Kier molecular flexibility index (Phi) is 5.75. The molecule has 0 saturated carbocycles. The van der Waals surface area contributed by atoms with Gasteiger partial charge < -0.3 is 15.5 Å². The summed E-state index contributed by atoms with van der Waals surface area (Å²) in [6.45, 7) is 4.66. The van der Waals surface area contributed by atoms with Crippen molar-refractivity contribution in [1.29, 1.82) is 0 Å². The first-order valence-electron chi connectivity index (χ1n) is 7.55. The fraction of sp³-hybridized carbons (Fsp3) is 0.500. The van der Waals surface area contributed by atoms with Crippen molar-refractivity contribution in [2.75, 3.05) is 26.2 Å². The van der Waals surface area contributed by atoms with E-state index in [9.17, 15) is 9.59 Å². The standard InChI is InChI=1S/C16H23N3O2/c1-2-10-19(14-8-9-17-11-14)15(20)12-18-16(21)13-6-4-3-5-7-13/h3-7,14,17H,2,8-12H2,1H3,(H,18,21). The first-order chi connectivity index (χ1) is 10.2. The van der Waals surface area contributed by atoms with Gasteiger partial charge in [0, 0.05) is 24.7 Å². The topological polar surface area (TPSA) is 61.4 Å². The van der Waals surface area contributed by atoms with Gasteiger partial charge in [0.05, 0.1) is 6.54 Å². The minimum Gasteiger partial charge on any atom is -0.343 e. The van der Waals surface area contributed by atoms with E-state index in [1.807, 2.05) is 23.1 Å². The Morgan fingerprint density at radius 3 is 2.71 bits per heavy atom. The zero-order chi connectivity index (χ0) is 15.1. The van der Waals surface area contributed by atoms with Gasteiger partial charge in [-0.2, -0.15) is 0 Å². The average Bonchev–Trinajstić information content (AvgIpc) is 3.04. The maximum atomic E-state index is 12.3. The van der Waals surface area contributed by atoms with E-state index in [-0.39, 0.29) is 24.4 Å². The van der Waals surface area contributed by atoms with Crippen LogP contribution in [0.3, 0.4) is 0 Å². The lowest BCUT2D eigenvalue weighted by atomic mass is 10.2. The Bertz CT molecular complexity index is 470. The van der Waals surface area contributed by atoms with Crippen LogP contribution in [0.2, 0.25) is 0 Å². The Morgan fingerprint density at radius 1 is 1.33 bits per heavy atom. The molecule has 5 nitrogen and oxygen atoms in total. The van der Waals surface area contributed by atoms with Gasteiger partial charge in [0.15, 0.2) is 0 Å². The quantitative estimate of drug-likeness (QED) is 0.822. The van der Waals surface area contributed by atoms with Crippen LogP contribution >= 0.6 is 0 Å². The van der Waals surface area contributed by atoms with Crippen molar-refractivity contribution < 1.29 is 9.59 Å². The van der Waals surface area contributed by atoms with Crippen molar-refractivity contribution in [1.82, 2.24) is 15.5 Å². The molecular formula is C16H23N3O2. The number of hydrogen-bond acceptors (Lipinski definition) is 3. The monoisotopic (exact) mass is 289 g/mol. The molecule has 1 aromatic carbocycles. The number of rotatable bonds is 6. The highest BCUT2D eigenvalue weighted by molar-refractivity contribution is 5.96. The minimum absolute atomic E-state index is 0.00479. The lowest BCUT2D eigenvalue weighted by Gasteiger charge is -2.28. The van der Waals surface area contributed by atoms with Crippen LogP contribution in [0.1, 0.15) is 30.1 Å². The molecule has 1 unspecified atom stereocenters. The Labute approximate surface area is 125 Å². The van der Waals surface area contributed by atoms with E-state index < -0.39 is 0 Å². The van der Waals surface area contributed by atoms with E-state index in [0.29, 0.717) is 5.56 Å². The maximum absolute atomic E-state index is 12.3. The van der Waals surface area contributed by atoms with E-state index in [0.717, 1.165) is 32.5 Å². The maximum Gasteiger partial charge on any atom is 0.251 e. The minimum atomic E-state index is -0.204. The summed E-state index contributed by atoms with van der Waals surface area (Å²) in [6.07, 6.45) is 1.91. The number of carbonyl (C=O) groups is 2. The van der Waals surface area contributed by atoms with Gasteiger partial charge in [0.1, 0.15) is 0 Å². The van der Waals surface area contributed by atoms with E-state index in [4.69, 9.17) is 0 Å². The van der Waals surface area contributed by atoms with Crippen LogP contribution in [-0.2, 0) is 4.79 Å². The predicted molar refractivity (Wildman–Crippen MR) is 82.1 cm³/mol. The highest BCUT2D eigenvalue weighted by Crippen LogP contribution is 2.09. The van der Waals surface area contributed by atoms with Gasteiger partial charge >= 0.3 is 0 Å². The van der Waals surface area contributed by atoms with Crippen molar-refractivity contribution in [3.05, 3.63) is 35.9 Å². The lowest BCUT2D eigenvalue weighted by Crippen LogP contribution is -2.46. The van der Waals surface area contributed by atoms with Crippen LogP contribution in [0, 0.1) is 0 Å². The molecule has 0 aliphatic carbocycles. The molecule has 1 atom stereocenters. The largest absolute Gasteiger partial charge is 0.343 e. The van der Waals surface area contributed by atoms with Gasteiger partial charge in [-0.1, -0.05) is 25.1 Å². The molecule has 1 aliphatic rings. The third-order valence-corrected chi connectivity index (χ3v) is 3.70. The average molecular weight is 289 g/mol. The molecule has 0 aromatic heterocycles. The molecule has 2 amide bonds. The van der Waals surface area contributed by atoms with Crippen molar-refractivity contribution in [2.45, 2.75) is 25.8 Å². The molecular weight excluding hydrogens is 266 g/mol. The van der Waals surface area contributed by atoms with Crippen molar-refractivity contribution in [2.24, 2.45) is 0 Å². The number of nitrogens with one attached hydrogen (secondary N) is 2. The van der Waals surface area contributed by atoms with Crippen LogP contribution < -0.4 is 10.6 Å². The number of amides is 2. The van der Waals surface area contributed by atoms with Crippen LogP contribution in [0.15, 0.2) is 30.3 Å². The van der Waals surface area contributed by atoms with Crippen LogP contribution in [0.4, 0.5) is 0 Å². The number of nitrogens with zero attached hydrogens (tertiary/aromatic N) is 1. The summed E-state index contributed by atoms with van der Waals surface area (Å²) in [5.41, 5.74) is 0.579. The third kappa shape index (κ3) is 4.29. The second-order valence-electron chi connectivity index (χ2n) is 5.28. The fourth-order valence-corrected chi connectivity index (χ4v) is 2.61. The van der Waals surface area contributed by atoms with Gasteiger partial charge in [-0.05, 0) is 31.5 Å². The molecule has 0 radical (unpaired) electrons.